The predicted molar refractivity (Wildman–Crippen MR) is 41.7 cm³/mol. The van der Waals surface area contributed by atoms with Crippen molar-refractivity contribution in [3.05, 3.63) is 12.2 Å². The van der Waals surface area contributed by atoms with E-state index in [0.29, 0.717) is 6.42 Å². The van der Waals surface area contributed by atoms with Gasteiger partial charge in [-0.3, -0.25) is 0 Å². The minimum atomic E-state index is -0.606. The largest absolute Gasteiger partial charge is 0.391 e. The Labute approximate surface area is 62.2 Å². The maximum atomic E-state index is 9.07. The second-order valence-electron chi connectivity index (χ2n) is 2.45. The van der Waals surface area contributed by atoms with Crippen LogP contribution in [-0.2, 0) is 0 Å². The zero-order valence-corrected chi connectivity index (χ0v) is 6.62. The van der Waals surface area contributed by atoms with Crippen LogP contribution in [0.3, 0.4) is 0 Å². The van der Waals surface area contributed by atoms with Gasteiger partial charge in [0.2, 0.25) is 0 Å². The Bertz CT molecular complexity index is 97.4. The highest BCUT2D eigenvalue weighted by Gasteiger charge is 2.08. The molecule has 60 valence electrons. The van der Waals surface area contributed by atoms with Crippen LogP contribution in [0.1, 0.15) is 26.7 Å². The van der Waals surface area contributed by atoms with E-state index in [4.69, 9.17) is 10.2 Å². The molecule has 0 aromatic carbocycles. The fourth-order valence-corrected chi connectivity index (χ4v) is 0.675. The number of hydrogen-bond acceptors (Lipinski definition) is 2. The summed E-state index contributed by atoms with van der Waals surface area (Å²) in [5.41, 5.74) is 0. The summed E-state index contributed by atoms with van der Waals surface area (Å²) < 4.78 is 0. The quantitative estimate of drug-likeness (QED) is 0.580. The van der Waals surface area contributed by atoms with E-state index in [1.165, 1.54) is 0 Å². The topological polar surface area (TPSA) is 40.5 Å². The van der Waals surface area contributed by atoms with Gasteiger partial charge in [0.05, 0.1) is 12.2 Å². The van der Waals surface area contributed by atoms with Gasteiger partial charge in [-0.2, -0.15) is 0 Å². The van der Waals surface area contributed by atoms with E-state index in [9.17, 15) is 0 Å². The molecule has 0 spiro atoms. The zero-order valence-electron chi connectivity index (χ0n) is 6.62. The summed E-state index contributed by atoms with van der Waals surface area (Å²) >= 11 is 0. The van der Waals surface area contributed by atoms with Gasteiger partial charge in [-0.05, 0) is 26.7 Å². The molecular weight excluding hydrogens is 128 g/mol. The maximum absolute atomic E-state index is 9.07. The Morgan fingerprint density at radius 3 is 2.40 bits per heavy atom. The first-order valence-corrected chi connectivity index (χ1v) is 3.65. The first-order valence-electron chi connectivity index (χ1n) is 3.65. The lowest BCUT2D eigenvalue weighted by molar-refractivity contribution is 0.0269. The molecule has 0 saturated carbocycles. The summed E-state index contributed by atoms with van der Waals surface area (Å²) in [7, 11) is 0. The molecule has 2 atom stereocenters. The van der Waals surface area contributed by atoms with Gasteiger partial charge in [-0.1, -0.05) is 12.2 Å². The summed E-state index contributed by atoms with van der Waals surface area (Å²) in [4.78, 5) is 0. The molecule has 0 aromatic heterocycles. The Hall–Kier alpha value is -0.340. The van der Waals surface area contributed by atoms with Crippen LogP contribution in [0, 0.1) is 0 Å². The van der Waals surface area contributed by atoms with Crippen LogP contribution in [0.5, 0.6) is 0 Å². The molecule has 10 heavy (non-hydrogen) atoms. The molecule has 0 amide bonds. The standard InChI is InChI=1S/C8H16O2/c1-3-4-5-6-8(10)7(2)9/h3-4,7-10H,5-6H2,1-2H3. The smallest absolute Gasteiger partial charge is 0.0799 e. The van der Waals surface area contributed by atoms with E-state index < -0.39 is 12.2 Å². The van der Waals surface area contributed by atoms with Crippen molar-refractivity contribution in [3.63, 3.8) is 0 Å². The first kappa shape index (κ1) is 9.66. The highest BCUT2D eigenvalue weighted by atomic mass is 16.3. The number of rotatable bonds is 4. The Balaban J connectivity index is 3.30. The van der Waals surface area contributed by atoms with Gasteiger partial charge in [0, 0.05) is 0 Å². The van der Waals surface area contributed by atoms with Crippen molar-refractivity contribution in [1.29, 1.82) is 0 Å². The average Bonchev–Trinajstić information content (AvgIpc) is 1.88. The number of aliphatic hydroxyl groups is 2. The molecule has 0 aliphatic heterocycles. The van der Waals surface area contributed by atoms with Crippen molar-refractivity contribution < 1.29 is 10.2 Å². The van der Waals surface area contributed by atoms with Crippen LogP contribution in [0.4, 0.5) is 0 Å². The van der Waals surface area contributed by atoms with Crippen LogP contribution >= 0.6 is 0 Å². The van der Waals surface area contributed by atoms with Crippen LogP contribution in [-0.4, -0.2) is 22.4 Å². The molecule has 0 fully saturated rings. The minimum absolute atomic E-state index is 0.573. The lowest BCUT2D eigenvalue weighted by Crippen LogP contribution is -2.21. The lowest BCUT2D eigenvalue weighted by Gasteiger charge is -2.11. The normalized spacial score (nSPS) is 17.6. The molecule has 0 saturated heterocycles. The van der Waals surface area contributed by atoms with Gasteiger partial charge in [-0.15, -0.1) is 0 Å². The van der Waals surface area contributed by atoms with Crippen LogP contribution in [0.15, 0.2) is 12.2 Å². The second-order valence-corrected chi connectivity index (χ2v) is 2.45. The van der Waals surface area contributed by atoms with E-state index >= 15 is 0 Å². The summed E-state index contributed by atoms with van der Waals surface area (Å²) in [5, 5.41) is 17.9. The zero-order chi connectivity index (χ0) is 7.98. The molecule has 2 unspecified atom stereocenters. The van der Waals surface area contributed by atoms with E-state index in [1.807, 2.05) is 19.1 Å². The van der Waals surface area contributed by atoms with Crippen LogP contribution in [0.2, 0.25) is 0 Å². The number of aliphatic hydroxyl groups excluding tert-OH is 2. The highest BCUT2D eigenvalue weighted by molar-refractivity contribution is 4.78. The molecule has 0 aromatic rings. The monoisotopic (exact) mass is 144 g/mol. The third kappa shape index (κ3) is 4.53. The molecular formula is C8H16O2. The summed E-state index contributed by atoms with van der Waals surface area (Å²) in [6.45, 7) is 3.54. The molecule has 0 aliphatic carbocycles. The molecule has 0 heterocycles. The van der Waals surface area contributed by atoms with Crippen molar-refractivity contribution in [2.75, 3.05) is 0 Å². The molecule has 0 radical (unpaired) electrons. The lowest BCUT2D eigenvalue weighted by atomic mass is 10.1. The molecule has 2 heteroatoms. The summed E-state index contributed by atoms with van der Waals surface area (Å²) in [6, 6.07) is 0. The van der Waals surface area contributed by atoms with Gasteiger partial charge in [0.1, 0.15) is 0 Å². The van der Waals surface area contributed by atoms with Crippen molar-refractivity contribution in [2.24, 2.45) is 0 Å². The Morgan fingerprint density at radius 1 is 1.40 bits per heavy atom. The van der Waals surface area contributed by atoms with Gasteiger partial charge < -0.3 is 10.2 Å². The third-order valence-corrected chi connectivity index (χ3v) is 1.42. The molecule has 0 rings (SSSR count). The molecule has 0 bridgehead atoms. The Kier molecular flexibility index (Phi) is 5.26. The van der Waals surface area contributed by atoms with Crippen molar-refractivity contribution in [1.82, 2.24) is 0 Å². The molecule has 0 aliphatic rings. The van der Waals surface area contributed by atoms with Crippen molar-refractivity contribution >= 4 is 0 Å². The number of hydrogen-bond donors (Lipinski definition) is 2. The Morgan fingerprint density at radius 2 is 2.00 bits per heavy atom. The van der Waals surface area contributed by atoms with E-state index in [0.717, 1.165) is 6.42 Å². The van der Waals surface area contributed by atoms with E-state index in [1.54, 1.807) is 6.92 Å². The van der Waals surface area contributed by atoms with Gasteiger partial charge in [0.25, 0.3) is 0 Å². The summed E-state index contributed by atoms with van der Waals surface area (Å²) in [6.07, 6.45) is 4.21. The second kappa shape index (κ2) is 5.45. The van der Waals surface area contributed by atoms with Gasteiger partial charge >= 0.3 is 0 Å². The van der Waals surface area contributed by atoms with Gasteiger partial charge in [0.15, 0.2) is 0 Å². The van der Waals surface area contributed by atoms with Crippen molar-refractivity contribution in [2.45, 2.75) is 38.9 Å². The third-order valence-electron chi connectivity index (χ3n) is 1.42. The SMILES string of the molecule is CC=CCCC(O)C(C)O. The average molecular weight is 144 g/mol. The predicted octanol–water partition coefficient (Wildman–Crippen LogP) is 1.08. The van der Waals surface area contributed by atoms with E-state index in [-0.39, 0.29) is 0 Å². The van der Waals surface area contributed by atoms with Crippen LogP contribution < -0.4 is 0 Å². The highest BCUT2D eigenvalue weighted by Crippen LogP contribution is 2.01. The molecule has 2 N–H and O–H groups in total. The van der Waals surface area contributed by atoms with Gasteiger partial charge in [-0.25, -0.2) is 0 Å². The fraction of sp³-hybridized carbons (Fsp3) is 0.750. The van der Waals surface area contributed by atoms with Crippen molar-refractivity contribution in [3.8, 4) is 0 Å². The van der Waals surface area contributed by atoms with Crippen LogP contribution in [0.25, 0.3) is 0 Å². The fourth-order valence-electron chi connectivity index (χ4n) is 0.675. The van der Waals surface area contributed by atoms with E-state index in [2.05, 4.69) is 0 Å². The minimum Gasteiger partial charge on any atom is -0.391 e. The first-order chi connectivity index (χ1) is 4.68. The molecule has 2 nitrogen and oxygen atoms in total. The summed E-state index contributed by atoms with van der Waals surface area (Å²) in [5.74, 6) is 0. The number of allylic oxidation sites excluding steroid dienone is 2. The maximum Gasteiger partial charge on any atom is 0.0799 e.